The van der Waals surface area contributed by atoms with Crippen LogP contribution in [-0.2, 0) is 19.9 Å². The number of rotatable bonds is 7. The van der Waals surface area contributed by atoms with E-state index in [9.17, 15) is 9.90 Å². The molecule has 1 aromatic carbocycles. The third kappa shape index (κ3) is 5.09. The molecule has 24 heavy (non-hydrogen) atoms. The second-order valence-electron chi connectivity index (χ2n) is 6.04. The van der Waals surface area contributed by atoms with Crippen LogP contribution in [0.4, 0.5) is 10.6 Å². The molecule has 2 unspecified atom stereocenters. The first-order chi connectivity index (χ1) is 11.5. The number of amides is 2. The van der Waals surface area contributed by atoms with Gasteiger partial charge in [-0.1, -0.05) is 43.7 Å². The van der Waals surface area contributed by atoms with E-state index in [-0.39, 0.29) is 12.1 Å². The average molecular weight is 330 g/mol. The van der Waals surface area contributed by atoms with Crippen molar-refractivity contribution in [3.63, 3.8) is 0 Å². The minimum absolute atomic E-state index is 0.347. The number of hydrogen-bond acceptors (Lipinski definition) is 3. The molecule has 0 spiro atoms. The lowest BCUT2D eigenvalue weighted by molar-refractivity contribution is 0.137. The van der Waals surface area contributed by atoms with Crippen LogP contribution in [0.5, 0.6) is 0 Å². The molecule has 0 aliphatic rings. The monoisotopic (exact) mass is 330 g/mol. The van der Waals surface area contributed by atoms with Gasteiger partial charge in [0.1, 0.15) is 5.82 Å². The quantitative estimate of drug-likeness (QED) is 0.730. The lowest BCUT2D eigenvalue weighted by Gasteiger charge is -2.20. The first kappa shape index (κ1) is 18.0. The Morgan fingerprint density at radius 2 is 2.04 bits per heavy atom. The van der Waals surface area contributed by atoms with Crippen molar-refractivity contribution >= 4 is 11.8 Å². The molecule has 2 atom stereocenters. The zero-order chi connectivity index (χ0) is 17.5. The second-order valence-corrected chi connectivity index (χ2v) is 6.04. The number of hydrogen-bond donors (Lipinski definition) is 3. The summed E-state index contributed by atoms with van der Waals surface area (Å²) in [5.74, 6) is 0.640. The number of carbonyl (C=O) groups is 1. The molecule has 2 rings (SSSR count). The maximum atomic E-state index is 12.1. The minimum Gasteiger partial charge on any atom is -0.391 e. The second kappa shape index (κ2) is 8.49. The molecule has 1 heterocycles. The van der Waals surface area contributed by atoms with E-state index in [1.54, 1.807) is 18.7 Å². The molecule has 0 bridgehead atoms. The fourth-order valence-corrected chi connectivity index (χ4v) is 2.51. The Bertz CT molecular complexity index is 654. The minimum atomic E-state index is -0.652. The molecule has 0 aliphatic heterocycles. The summed E-state index contributed by atoms with van der Waals surface area (Å²) in [4.78, 5) is 12.1. The highest BCUT2D eigenvalue weighted by molar-refractivity contribution is 5.88. The number of aliphatic hydroxyl groups excluding tert-OH is 1. The van der Waals surface area contributed by atoms with E-state index >= 15 is 0 Å². The molecule has 1 aromatic heterocycles. The molecule has 0 fully saturated rings. The van der Waals surface area contributed by atoms with Crippen molar-refractivity contribution in [3.05, 3.63) is 47.7 Å². The largest absolute Gasteiger partial charge is 0.391 e. The Kier molecular flexibility index (Phi) is 6.37. The van der Waals surface area contributed by atoms with Crippen molar-refractivity contribution in [3.8, 4) is 0 Å². The summed E-state index contributed by atoms with van der Waals surface area (Å²) in [7, 11) is 1.79. The van der Waals surface area contributed by atoms with Gasteiger partial charge in [-0.05, 0) is 18.9 Å². The van der Waals surface area contributed by atoms with E-state index in [4.69, 9.17) is 0 Å². The summed E-state index contributed by atoms with van der Waals surface area (Å²) < 4.78 is 1.65. The predicted molar refractivity (Wildman–Crippen MR) is 95.0 cm³/mol. The summed E-state index contributed by atoms with van der Waals surface area (Å²) in [5, 5.41) is 20.2. The number of nitrogens with zero attached hydrogens (tertiary/aromatic N) is 2. The number of aryl methyl sites for hydroxylation is 2. The van der Waals surface area contributed by atoms with Gasteiger partial charge in [-0.25, -0.2) is 4.79 Å². The van der Waals surface area contributed by atoms with Crippen molar-refractivity contribution in [2.45, 2.75) is 45.3 Å². The van der Waals surface area contributed by atoms with Crippen LogP contribution in [0.25, 0.3) is 0 Å². The Morgan fingerprint density at radius 1 is 1.33 bits per heavy atom. The lowest BCUT2D eigenvalue weighted by Crippen LogP contribution is -2.44. The van der Waals surface area contributed by atoms with Gasteiger partial charge in [-0.15, -0.1) is 0 Å². The third-order valence-electron chi connectivity index (χ3n) is 3.90. The molecule has 0 aliphatic carbocycles. The fourth-order valence-electron chi connectivity index (χ4n) is 2.51. The number of nitrogens with one attached hydrogen (secondary N) is 2. The highest BCUT2D eigenvalue weighted by Crippen LogP contribution is 2.11. The van der Waals surface area contributed by atoms with Crippen LogP contribution in [-0.4, -0.2) is 33.1 Å². The number of aliphatic hydroxyl groups is 1. The molecular formula is C18H26N4O2. The van der Waals surface area contributed by atoms with E-state index < -0.39 is 6.10 Å². The summed E-state index contributed by atoms with van der Waals surface area (Å²) in [6.07, 6.45) is 1.73. The van der Waals surface area contributed by atoms with Gasteiger partial charge < -0.3 is 10.4 Å². The summed E-state index contributed by atoms with van der Waals surface area (Å²) >= 11 is 0. The molecular weight excluding hydrogens is 304 g/mol. The Hall–Kier alpha value is -2.34. The number of carbonyl (C=O) groups excluding carboxylic acids is 1. The summed E-state index contributed by atoms with van der Waals surface area (Å²) in [6, 6.07) is 10.9. The van der Waals surface area contributed by atoms with Crippen LogP contribution in [0.2, 0.25) is 0 Å². The predicted octanol–water partition coefficient (Wildman–Crippen LogP) is 2.49. The maximum absolute atomic E-state index is 12.1. The SMILES string of the molecule is CCCc1cc(NC(=O)NC(C)C(O)Cc2ccccc2)n(C)n1. The van der Waals surface area contributed by atoms with Gasteiger partial charge in [-0.3, -0.25) is 10.00 Å². The standard InChI is InChI=1S/C18H26N4O2/c1-4-8-15-12-17(22(3)21-15)20-18(24)19-13(2)16(23)11-14-9-6-5-7-10-14/h5-7,9-10,12-13,16,23H,4,8,11H2,1-3H3,(H2,19,20,24). The van der Waals surface area contributed by atoms with Gasteiger partial charge in [0.05, 0.1) is 17.8 Å². The van der Waals surface area contributed by atoms with Gasteiger partial charge >= 0.3 is 6.03 Å². The van der Waals surface area contributed by atoms with E-state index in [0.717, 1.165) is 24.1 Å². The van der Waals surface area contributed by atoms with Crippen molar-refractivity contribution < 1.29 is 9.90 Å². The van der Waals surface area contributed by atoms with Gasteiger partial charge in [0, 0.05) is 19.5 Å². The van der Waals surface area contributed by atoms with Crippen LogP contribution in [0.3, 0.4) is 0 Å². The molecule has 0 radical (unpaired) electrons. The van der Waals surface area contributed by atoms with Crippen LogP contribution in [0.15, 0.2) is 36.4 Å². The average Bonchev–Trinajstić information content (AvgIpc) is 2.88. The zero-order valence-corrected chi connectivity index (χ0v) is 14.5. The fraction of sp³-hybridized carbons (Fsp3) is 0.444. The third-order valence-corrected chi connectivity index (χ3v) is 3.90. The molecule has 6 nitrogen and oxygen atoms in total. The maximum Gasteiger partial charge on any atom is 0.320 e. The molecule has 6 heteroatoms. The number of urea groups is 1. The Morgan fingerprint density at radius 3 is 2.71 bits per heavy atom. The number of aromatic nitrogens is 2. The van der Waals surface area contributed by atoms with Crippen molar-refractivity contribution in [2.24, 2.45) is 7.05 Å². The summed E-state index contributed by atoms with van der Waals surface area (Å²) in [5.41, 5.74) is 1.99. The molecule has 130 valence electrons. The van der Waals surface area contributed by atoms with Crippen molar-refractivity contribution in [1.82, 2.24) is 15.1 Å². The van der Waals surface area contributed by atoms with Gasteiger partial charge in [0.2, 0.25) is 0 Å². The van der Waals surface area contributed by atoms with Gasteiger partial charge in [0.25, 0.3) is 0 Å². The van der Waals surface area contributed by atoms with Gasteiger partial charge in [0.15, 0.2) is 0 Å². The van der Waals surface area contributed by atoms with E-state index in [1.165, 1.54) is 0 Å². The molecule has 2 amide bonds. The lowest BCUT2D eigenvalue weighted by atomic mass is 10.0. The Labute approximate surface area is 142 Å². The molecule has 0 saturated carbocycles. The molecule has 2 aromatic rings. The van der Waals surface area contributed by atoms with Crippen LogP contribution in [0.1, 0.15) is 31.5 Å². The normalized spacial score (nSPS) is 13.3. The molecule has 0 saturated heterocycles. The first-order valence-electron chi connectivity index (χ1n) is 8.32. The van der Waals surface area contributed by atoms with Crippen LogP contribution < -0.4 is 10.6 Å². The summed E-state index contributed by atoms with van der Waals surface area (Å²) in [6.45, 7) is 3.88. The molecule has 3 N–H and O–H groups in total. The van der Waals surface area contributed by atoms with E-state index in [2.05, 4.69) is 22.7 Å². The Balaban J connectivity index is 1.87. The van der Waals surface area contributed by atoms with Crippen molar-refractivity contribution in [1.29, 1.82) is 0 Å². The van der Waals surface area contributed by atoms with Gasteiger partial charge in [-0.2, -0.15) is 5.10 Å². The van der Waals surface area contributed by atoms with Crippen molar-refractivity contribution in [2.75, 3.05) is 5.32 Å². The van der Waals surface area contributed by atoms with Crippen LogP contribution in [0, 0.1) is 0 Å². The topological polar surface area (TPSA) is 79.2 Å². The van der Waals surface area contributed by atoms with E-state index in [1.807, 2.05) is 36.4 Å². The zero-order valence-electron chi connectivity index (χ0n) is 14.5. The van der Waals surface area contributed by atoms with E-state index in [0.29, 0.717) is 12.2 Å². The first-order valence-corrected chi connectivity index (χ1v) is 8.32. The smallest absolute Gasteiger partial charge is 0.320 e. The number of anilines is 1. The number of benzene rings is 1. The highest BCUT2D eigenvalue weighted by Gasteiger charge is 2.18. The highest BCUT2D eigenvalue weighted by atomic mass is 16.3. The van der Waals surface area contributed by atoms with Crippen LogP contribution >= 0.6 is 0 Å².